The summed E-state index contributed by atoms with van der Waals surface area (Å²) >= 11 is 5.20. The summed E-state index contributed by atoms with van der Waals surface area (Å²) in [5.74, 6) is 0. The number of hydrogen-bond acceptors (Lipinski definition) is 2. The molecular formula is C10H16BrNS. The number of unbranched alkanes of at least 4 members (excludes halogenated alkanes) is 2. The lowest BCUT2D eigenvalue weighted by molar-refractivity contribution is 0.620. The van der Waals surface area contributed by atoms with E-state index in [0.717, 1.165) is 18.4 Å². The van der Waals surface area contributed by atoms with Crippen LogP contribution in [0.5, 0.6) is 0 Å². The predicted molar refractivity (Wildman–Crippen MR) is 63.7 cm³/mol. The van der Waals surface area contributed by atoms with Crippen LogP contribution in [-0.4, -0.2) is 11.9 Å². The van der Waals surface area contributed by atoms with Crippen molar-refractivity contribution in [2.24, 2.45) is 0 Å². The molecule has 0 aliphatic rings. The molecule has 74 valence electrons. The first kappa shape index (κ1) is 11.2. The maximum Gasteiger partial charge on any atom is 0.0213 e. The second-order valence-electron chi connectivity index (χ2n) is 3.06. The van der Waals surface area contributed by atoms with Crippen LogP contribution in [0.25, 0.3) is 0 Å². The van der Waals surface area contributed by atoms with Gasteiger partial charge in [-0.2, -0.15) is 11.3 Å². The van der Waals surface area contributed by atoms with Gasteiger partial charge in [0.2, 0.25) is 0 Å². The van der Waals surface area contributed by atoms with Crippen molar-refractivity contribution in [1.29, 1.82) is 0 Å². The molecule has 1 heterocycles. The summed E-state index contributed by atoms with van der Waals surface area (Å²) in [6.45, 7) is 2.17. The van der Waals surface area contributed by atoms with Crippen LogP contribution in [0.1, 0.15) is 24.8 Å². The molecule has 0 saturated heterocycles. The number of halogens is 1. The quantitative estimate of drug-likeness (QED) is 0.586. The van der Waals surface area contributed by atoms with Gasteiger partial charge < -0.3 is 5.32 Å². The maximum atomic E-state index is 3.44. The van der Waals surface area contributed by atoms with Crippen LogP contribution in [0, 0.1) is 0 Å². The Balaban J connectivity index is 1.90. The highest BCUT2D eigenvalue weighted by molar-refractivity contribution is 9.09. The summed E-state index contributed by atoms with van der Waals surface area (Å²) in [5.41, 5.74) is 1.41. The van der Waals surface area contributed by atoms with E-state index in [-0.39, 0.29) is 0 Å². The van der Waals surface area contributed by atoms with Gasteiger partial charge in [0.1, 0.15) is 0 Å². The monoisotopic (exact) mass is 261 g/mol. The van der Waals surface area contributed by atoms with Crippen molar-refractivity contribution in [3.05, 3.63) is 22.4 Å². The van der Waals surface area contributed by atoms with Gasteiger partial charge in [0.25, 0.3) is 0 Å². The van der Waals surface area contributed by atoms with E-state index in [4.69, 9.17) is 0 Å². The van der Waals surface area contributed by atoms with Gasteiger partial charge in [-0.3, -0.25) is 0 Å². The lowest BCUT2D eigenvalue weighted by Crippen LogP contribution is -2.14. The minimum Gasteiger partial charge on any atom is -0.313 e. The second-order valence-corrected chi connectivity index (χ2v) is 4.63. The molecule has 1 aromatic heterocycles. The smallest absolute Gasteiger partial charge is 0.0213 e. The van der Waals surface area contributed by atoms with Crippen LogP contribution in [0.2, 0.25) is 0 Å². The van der Waals surface area contributed by atoms with Gasteiger partial charge in [0.05, 0.1) is 0 Å². The molecule has 3 heteroatoms. The minimum absolute atomic E-state index is 1.03. The van der Waals surface area contributed by atoms with Crippen molar-refractivity contribution in [2.45, 2.75) is 25.8 Å². The van der Waals surface area contributed by atoms with Crippen molar-refractivity contribution in [3.63, 3.8) is 0 Å². The molecule has 1 rings (SSSR count). The van der Waals surface area contributed by atoms with Crippen LogP contribution in [0.15, 0.2) is 16.8 Å². The summed E-state index contributed by atoms with van der Waals surface area (Å²) in [7, 11) is 0. The molecule has 0 saturated carbocycles. The summed E-state index contributed by atoms with van der Waals surface area (Å²) in [4.78, 5) is 0. The zero-order chi connectivity index (χ0) is 9.36. The SMILES string of the molecule is BrCCCCCNCc1ccsc1. The Labute approximate surface area is 92.7 Å². The zero-order valence-corrected chi connectivity index (χ0v) is 10.2. The highest BCUT2D eigenvalue weighted by atomic mass is 79.9. The fraction of sp³-hybridized carbons (Fsp3) is 0.600. The van der Waals surface area contributed by atoms with Crippen molar-refractivity contribution < 1.29 is 0 Å². The second kappa shape index (κ2) is 7.54. The number of rotatable bonds is 7. The molecule has 0 amide bonds. The van der Waals surface area contributed by atoms with Crippen molar-refractivity contribution in [2.75, 3.05) is 11.9 Å². The standard InChI is InChI=1S/C10H16BrNS/c11-5-2-1-3-6-12-8-10-4-7-13-9-10/h4,7,9,12H,1-3,5-6,8H2. The van der Waals surface area contributed by atoms with Crippen LogP contribution in [0.4, 0.5) is 0 Å². The van der Waals surface area contributed by atoms with Crippen LogP contribution < -0.4 is 5.32 Å². The molecule has 0 radical (unpaired) electrons. The third kappa shape index (κ3) is 5.45. The van der Waals surface area contributed by atoms with E-state index in [1.807, 2.05) is 0 Å². The fourth-order valence-electron chi connectivity index (χ4n) is 1.15. The van der Waals surface area contributed by atoms with Crippen LogP contribution >= 0.6 is 27.3 Å². The average Bonchev–Trinajstić information content (AvgIpc) is 2.63. The van der Waals surface area contributed by atoms with Crippen molar-refractivity contribution in [1.82, 2.24) is 5.32 Å². The van der Waals surface area contributed by atoms with Crippen molar-refractivity contribution >= 4 is 27.3 Å². The Kier molecular flexibility index (Phi) is 6.50. The van der Waals surface area contributed by atoms with Gasteiger partial charge in [-0.25, -0.2) is 0 Å². The molecule has 0 spiro atoms. The minimum atomic E-state index is 1.03. The number of hydrogen-bond donors (Lipinski definition) is 1. The molecular weight excluding hydrogens is 246 g/mol. The Morgan fingerprint density at radius 2 is 2.23 bits per heavy atom. The van der Waals surface area contributed by atoms with Gasteiger partial charge in [0.15, 0.2) is 0 Å². The Hall–Kier alpha value is 0.140. The zero-order valence-electron chi connectivity index (χ0n) is 7.76. The molecule has 0 atom stereocenters. The highest BCUT2D eigenvalue weighted by Gasteiger charge is 1.91. The molecule has 0 unspecified atom stereocenters. The van der Waals surface area contributed by atoms with Gasteiger partial charge in [-0.05, 0) is 41.8 Å². The number of alkyl halides is 1. The summed E-state index contributed by atoms with van der Waals surface area (Å²) in [6, 6.07) is 2.18. The van der Waals surface area contributed by atoms with E-state index >= 15 is 0 Å². The van der Waals surface area contributed by atoms with E-state index < -0.39 is 0 Å². The maximum absolute atomic E-state index is 3.44. The fourth-order valence-corrected chi connectivity index (χ4v) is 2.21. The van der Waals surface area contributed by atoms with Gasteiger partial charge in [-0.1, -0.05) is 22.4 Å². The number of thiophene rings is 1. The normalized spacial score (nSPS) is 10.5. The average molecular weight is 262 g/mol. The first-order valence-electron chi connectivity index (χ1n) is 4.71. The molecule has 0 aromatic carbocycles. The third-order valence-corrected chi connectivity index (χ3v) is 3.19. The summed E-state index contributed by atoms with van der Waals surface area (Å²) in [6.07, 6.45) is 3.90. The molecule has 1 nitrogen and oxygen atoms in total. The lowest BCUT2D eigenvalue weighted by atomic mass is 10.2. The lowest BCUT2D eigenvalue weighted by Gasteiger charge is -2.01. The van der Waals surface area contributed by atoms with Crippen molar-refractivity contribution in [3.8, 4) is 0 Å². The number of nitrogens with one attached hydrogen (secondary N) is 1. The van der Waals surface area contributed by atoms with E-state index in [1.165, 1.54) is 24.8 Å². The third-order valence-electron chi connectivity index (χ3n) is 1.90. The van der Waals surface area contributed by atoms with Crippen LogP contribution in [0.3, 0.4) is 0 Å². The largest absolute Gasteiger partial charge is 0.313 e. The Morgan fingerprint density at radius 3 is 2.92 bits per heavy atom. The molecule has 0 fully saturated rings. The highest BCUT2D eigenvalue weighted by Crippen LogP contribution is 2.05. The molecule has 13 heavy (non-hydrogen) atoms. The van der Waals surface area contributed by atoms with Gasteiger partial charge >= 0.3 is 0 Å². The first-order chi connectivity index (χ1) is 6.43. The van der Waals surface area contributed by atoms with E-state index in [9.17, 15) is 0 Å². The van der Waals surface area contributed by atoms with E-state index in [2.05, 4.69) is 38.1 Å². The van der Waals surface area contributed by atoms with E-state index in [1.54, 1.807) is 11.3 Å². The van der Waals surface area contributed by atoms with E-state index in [0.29, 0.717) is 0 Å². The predicted octanol–water partition coefficient (Wildman–Crippen LogP) is 3.40. The Bertz CT molecular complexity index is 199. The van der Waals surface area contributed by atoms with Crippen LogP contribution in [-0.2, 0) is 6.54 Å². The van der Waals surface area contributed by atoms with Gasteiger partial charge in [0, 0.05) is 11.9 Å². The van der Waals surface area contributed by atoms with Gasteiger partial charge in [-0.15, -0.1) is 0 Å². The molecule has 1 N–H and O–H groups in total. The molecule has 1 aromatic rings. The molecule has 0 aliphatic heterocycles. The topological polar surface area (TPSA) is 12.0 Å². The Morgan fingerprint density at radius 1 is 1.31 bits per heavy atom. The molecule has 0 aliphatic carbocycles. The summed E-state index contributed by atoms with van der Waals surface area (Å²) in [5, 5.41) is 8.90. The first-order valence-corrected chi connectivity index (χ1v) is 6.77. The molecule has 0 bridgehead atoms. The summed E-state index contributed by atoms with van der Waals surface area (Å²) < 4.78 is 0.